The van der Waals surface area contributed by atoms with Crippen LogP contribution in [0.15, 0.2) is 25.8 Å². The largest absolute Gasteiger partial charge is 0.400 e. The normalized spacial score (nSPS) is 14.0. The van der Waals surface area contributed by atoms with Crippen LogP contribution in [0.3, 0.4) is 0 Å². The van der Waals surface area contributed by atoms with Gasteiger partial charge in [0.15, 0.2) is 0 Å². The Morgan fingerprint density at radius 1 is 0.929 bits per heavy atom. The van der Waals surface area contributed by atoms with Gasteiger partial charge in [-0.25, -0.2) is 0 Å². The summed E-state index contributed by atoms with van der Waals surface area (Å²) in [6.07, 6.45) is -11.2. The molecule has 0 aliphatic rings. The van der Waals surface area contributed by atoms with E-state index in [4.69, 9.17) is 1.34 Å². The van der Waals surface area contributed by atoms with E-state index in [0.717, 1.165) is 19.9 Å². The van der Waals surface area contributed by atoms with Crippen LogP contribution in [0.2, 0.25) is 0 Å². The molecule has 0 aliphatic carbocycles. The molecule has 0 aliphatic heterocycles. The second kappa shape index (κ2) is 21.2. The number of rotatable bonds is 3. The topological polar surface area (TPSA) is 0 Å². The molecule has 170 valence electrons. The van der Waals surface area contributed by atoms with E-state index < -0.39 is 35.2 Å². The zero-order valence-corrected chi connectivity index (χ0v) is 22.9. The van der Waals surface area contributed by atoms with Crippen molar-refractivity contribution in [2.45, 2.75) is 50.5 Å². The van der Waals surface area contributed by atoms with E-state index in [-0.39, 0.29) is 39.0 Å². The van der Waals surface area contributed by atoms with Crippen molar-refractivity contribution < 1.29 is 72.1 Å². The van der Waals surface area contributed by atoms with Crippen molar-refractivity contribution in [1.82, 2.24) is 0 Å². The summed E-state index contributed by atoms with van der Waals surface area (Å²) in [5.74, 6) is -2.57. The van der Waals surface area contributed by atoms with Crippen molar-refractivity contribution >= 4 is 40.2 Å². The smallest absolute Gasteiger partial charge is 0.171 e. The molecule has 0 bridgehead atoms. The molecule has 0 nitrogen and oxygen atoms in total. The van der Waals surface area contributed by atoms with Gasteiger partial charge >= 0.3 is 18.5 Å². The van der Waals surface area contributed by atoms with Crippen LogP contribution in [-0.2, 0) is 0 Å². The maximum atomic E-state index is 11.6. The second-order valence-corrected chi connectivity index (χ2v) is 6.81. The summed E-state index contributed by atoms with van der Waals surface area (Å²) in [4.78, 5) is -1.39. The fraction of sp³-hybridized carbons (Fsp3) is 0.733. The number of allylic oxidation sites excluding steroid dienone is 1. The van der Waals surface area contributed by atoms with Crippen LogP contribution in [0.25, 0.3) is 0 Å². The van der Waals surface area contributed by atoms with Crippen LogP contribution in [0.4, 0.5) is 39.5 Å². The summed E-state index contributed by atoms with van der Waals surface area (Å²) in [6.45, 7) is 12.3. The number of alkyl halides is 11. The van der Waals surface area contributed by atoms with E-state index >= 15 is 0 Å². The molecule has 0 saturated heterocycles. The van der Waals surface area contributed by atoms with Gasteiger partial charge in [0.05, 0.1) is 11.8 Å². The van der Waals surface area contributed by atoms with Gasteiger partial charge in [0.2, 0.25) is 0 Å². The van der Waals surface area contributed by atoms with Gasteiger partial charge in [-0.05, 0) is 14.7 Å². The summed E-state index contributed by atoms with van der Waals surface area (Å²) in [5.41, 5.74) is 0. The van der Waals surface area contributed by atoms with Crippen LogP contribution in [0, 0.1) is 42.9 Å². The van der Waals surface area contributed by atoms with Crippen molar-refractivity contribution in [3.8, 4) is 0 Å². The molecule has 0 spiro atoms. The Kier molecular flexibility index (Phi) is 29.8. The fourth-order valence-corrected chi connectivity index (χ4v) is 1.15. The Balaban J connectivity index is -0.0000000474. The maximum Gasteiger partial charge on any atom is 0.400 e. The Morgan fingerprint density at radius 3 is 1.25 bits per heavy atom. The summed E-state index contributed by atoms with van der Waals surface area (Å²) in [7, 11) is 3.75. The minimum Gasteiger partial charge on any atom is -0.171 e. The summed E-state index contributed by atoms with van der Waals surface area (Å²) in [5, 5.41) is 0.410. The Labute approximate surface area is 206 Å². The van der Waals surface area contributed by atoms with Gasteiger partial charge in [0.1, 0.15) is 4.83 Å². The Bertz CT molecular complexity index is 356. The van der Waals surface area contributed by atoms with Crippen molar-refractivity contribution in [1.29, 1.82) is 1.34 Å². The molecule has 0 aromatic heterocycles. The van der Waals surface area contributed by atoms with Crippen LogP contribution in [0.5, 0.6) is 0 Å². The van der Waals surface area contributed by atoms with Gasteiger partial charge in [0, 0.05) is 46.2 Å². The molecule has 0 fully saturated rings. The van der Waals surface area contributed by atoms with E-state index in [1.807, 2.05) is 0 Å². The maximum absolute atomic E-state index is 11.6. The van der Waals surface area contributed by atoms with Crippen molar-refractivity contribution in [2.24, 2.45) is 11.8 Å². The molecule has 0 aromatic carbocycles. The van der Waals surface area contributed by atoms with Gasteiger partial charge in [-0.15, -0.1) is 19.7 Å². The van der Waals surface area contributed by atoms with Crippen molar-refractivity contribution in [2.75, 3.05) is 5.33 Å². The van der Waals surface area contributed by atoms with Gasteiger partial charge in [0.25, 0.3) is 0 Å². The predicted octanol–water partition coefficient (Wildman–Crippen LogP) is 8.07. The number of hydrogen-bond acceptors (Lipinski definition) is 0. The molecule has 3 unspecified atom stereocenters. The predicted molar refractivity (Wildman–Crippen MR) is 104 cm³/mol. The average Bonchev–Trinajstić information content (AvgIpc) is 2.56. The van der Waals surface area contributed by atoms with Crippen molar-refractivity contribution in [3.63, 3.8) is 0 Å². The first-order chi connectivity index (χ1) is 12.4. The van der Waals surface area contributed by atoms with Gasteiger partial charge in [-0.3, -0.25) is 0 Å². The van der Waals surface area contributed by atoms with E-state index in [1.54, 1.807) is 0 Å². The molecular weight excluding hydrogens is 760 g/mol. The van der Waals surface area contributed by atoms with Crippen LogP contribution >= 0.6 is 31.9 Å². The van der Waals surface area contributed by atoms with Crippen LogP contribution < -0.4 is 0 Å². The quantitative estimate of drug-likeness (QED) is 0.118. The van der Waals surface area contributed by atoms with E-state index in [9.17, 15) is 39.5 Å². The zero-order valence-electron chi connectivity index (χ0n) is 16.6. The Hall–Kier alpha value is 0.927. The molecule has 0 N–H and O–H groups in total. The standard InChI is InChI=1S/C5H8BrF3.C5H7F3.C3H4BrF3.C2H4.BH.U.H2/c1-4(2-3-6)5(7,8)9;1-3-4(2)5(6,7)8;1-2(4)3(5,6)7;1-2;;;/h4H,2-3H2,1H3;3-4H,1H2,2H3;2H,1H3;1-2H2;1H;;1H/i;;;;1D;;1+1. The van der Waals surface area contributed by atoms with Gasteiger partial charge < -0.3 is 0 Å². The number of hydrogen-bond donors (Lipinski definition) is 0. The third kappa shape index (κ3) is 31.6. The molecule has 0 aromatic rings. The zero-order chi connectivity index (χ0) is 24.4. The molecular formula is C15H26BBr2F9U. The van der Waals surface area contributed by atoms with Gasteiger partial charge in [-0.2, -0.15) is 39.5 Å². The third-order valence-electron chi connectivity index (χ3n) is 2.42. The molecule has 0 amide bonds. The summed E-state index contributed by atoms with van der Waals surface area (Å²) >= 11 is 5.31. The molecule has 13 heteroatoms. The minimum atomic E-state index is -4.11. The fourth-order valence-electron chi connectivity index (χ4n) is 0.461. The Morgan fingerprint density at radius 2 is 1.21 bits per heavy atom. The summed E-state index contributed by atoms with van der Waals surface area (Å²) in [6, 6.07) is 0. The van der Waals surface area contributed by atoms with Crippen LogP contribution in [-0.4, -0.2) is 38.4 Å². The third-order valence-corrected chi connectivity index (χ3v) is 3.40. The molecule has 3 atom stereocenters. The molecule has 0 rings (SSSR count). The molecule has 0 saturated carbocycles. The minimum absolute atomic E-state index is 0. The molecule has 28 heavy (non-hydrogen) atoms. The van der Waals surface area contributed by atoms with E-state index in [1.165, 1.54) is 6.92 Å². The van der Waals surface area contributed by atoms with E-state index in [2.05, 4.69) is 60.0 Å². The van der Waals surface area contributed by atoms with Gasteiger partial charge in [-0.1, -0.05) is 51.8 Å². The first-order valence-corrected chi connectivity index (χ1v) is 8.97. The van der Waals surface area contributed by atoms with Crippen molar-refractivity contribution in [3.05, 3.63) is 25.8 Å². The molecule has 2 radical (unpaired) electrons. The summed E-state index contributed by atoms with van der Waals surface area (Å²) < 4.78 is 108. The second-order valence-electron chi connectivity index (χ2n) is 4.64. The molecule has 0 heterocycles. The first-order valence-electron chi connectivity index (χ1n) is 7.51. The van der Waals surface area contributed by atoms with Crippen LogP contribution in [0.1, 0.15) is 28.6 Å². The monoisotopic (exact) mass is 786 g/mol. The van der Waals surface area contributed by atoms with E-state index in [0.29, 0.717) is 5.33 Å². The SMILES string of the molecule is C=C.C=CC(C)C(F)(F)F.CC(Br)C(F)(F)F.CC(CCBr)C(F)(F)F.[2HH].[2H][B].[U]. The average molecular weight is 788 g/mol. The first kappa shape index (κ1) is 39.4. The number of halogens is 11.